The summed E-state index contributed by atoms with van der Waals surface area (Å²) in [6.07, 6.45) is 5.58. The van der Waals surface area contributed by atoms with Crippen LogP contribution in [-0.4, -0.2) is 29.6 Å². The molecule has 1 aromatic heterocycles. The van der Waals surface area contributed by atoms with Crippen molar-refractivity contribution in [2.45, 2.75) is 33.1 Å². The number of rotatable bonds is 7. The molecule has 1 aromatic rings. The molecule has 0 aromatic carbocycles. The Labute approximate surface area is 103 Å². The van der Waals surface area contributed by atoms with Gasteiger partial charge in [-0.15, -0.1) is 0 Å². The van der Waals surface area contributed by atoms with Gasteiger partial charge in [-0.2, -0.15) is 0 Å². The molecule has 0 saturated heterocycles. The number of nitrogens with one attached hydrogen (secondary N) is 1. The van der Waals surface area contributed by atoms with E-state index in [1.165, 1.54) is 12.8 Å². The first-order valence-corrected chi connectivity index (χ1v) is 6.64. The number of nitrogens with zero attached hydrogens (tertiary/aromatic N) is 3. The van der Waals surface area contributed by atoms with Crippen LogP contribution in [0.5, 0.6) is 0 Å². The van der Waals surface area contributed by atoms with Gasteiger partial charge in [0.2, 0.25) is 0 Å². The highest BCUT2D eigenvalue weighted by Crippen LogP contribution is 2.31. The van der Waals surface area contributed by atoms with Crippen LogP contribution in [0.1, 0.15) is 33.1 Å². The second-order valence-electron chi connectivity index (χ2n) is 4.68. The minimum absolute atomic E-state index is 0.888. The standard InChI is InChI=1S/C13H22N4/c1-3-7-17(9-11-5-6-11)13-8-12(14-4-2)15-10-16-13/h8,10-11H,3-7,9H2,1-2H3,(H,14,15,16). The van der Waals surface area contributed by atoms with Crippen LogP contribution in [0, 0.1) is 5.92 Å². The molecule has 4 nitrogen and oxygen atoms in total. The largest absolute Gasteiger partial charge is 0.370 e. The molecular weight excluding hydrogens is 212 g/mol. The molecule has 0 spiro atoms. The fourth-order valence-corrected chi connectivity index (χ4v) is 1.98. The summed E-state index contributed by atoms with van der Waals surface area (Å²) < 4.78 is 0. The smallest absolute Gasteiger partial charge is 0.134 e. The van der Waals surface area contributed by atoms with Crippen LogP contribution in [0.25, 0.3) is 0 Å². The summed E-state index contributed by atoms with van der Waals surface area (Å²) in [4.78, 5) is 11.0. The normalized spacial score (nSPS) is 14.7. The van der Waals surface area contributed by atoms with Crippen LogP contribution in [-0.2, 0) is 0 Å². The van der Waals surface area contributed by atoms with Crippen molar-refractivity contribution in [3.8, 4) is 0 Å². The molecule has 0 aliphatic heterocycles. The molecule has 1 fully saturated rings. The molecular formula is C13H22N4. The first-order chi connectivity index (χ1) is 8.33. The van der Waals surface area contributed by atoms with Crippen molar-refractivity contribution in [1.82, 2.24) is 9.97 Å². The maximum Gasteiger partial charge on any atom is 0.134 e. The molecule has 1 saturated carbocycles. The van der Waals surface area contributed by atoms with Crippen LogP contribution in [0.4, 0.5) is 11.6 Å². The molecule has 94 valence electrons. The highest BCUT2D eigenvalue weighted by atomic mass is 15.2. The molecule has 0 atom stereocenters. The van der Waals surface area contributed by atoms with E-state index < -0.39 is 0 Å². The van der Waals surface area contributed by atoms with E-state index >= 15 is 0 Å². The number of aromatic nitrogens is 2. The Bertz CT molecular complexity index is 349. The quantitative estimate of drug-likeness (QED) is 0.787. The Hall–Kier alpha value is -1.32. The SMILES string of the molecule is CCCN(CC1CC1)c1cc(NCC)ncn1. The van der Waals surface area contributed by atoms with Crippen molar-refractivity contribution in [3.63, 3.8) is 0 Å². The van der Waals surface area contributed by atoms with Crippen molar-refractivity contribution in [3.05, 3.63) is 12.4 Å². The second kappa shape index (κ2) is 5.84. The van der Waals surface area contributed by atoms with Gasteiger partial charge in [-0.05, 0) is 32.1 Å². The number of hydrogen-bond acceptors (Lipinski definition) is 4. The van der Waals surface area contributed by atoms with Gasteiger partial charge in [0.05, 0.1) is 0 Å². The zero-order valence-corrected chi connectivity index (χ0v) is 10.8. The number of anilines is 2. The van der Waals surface area contributed by atoms with E-state index in [1.54, 1.807) is 6.33 Å². The second-order valence-corrected chi connectivity index (χ2v) is 4.68. The van der Waals surface area contributed by atoms with Gasteiger partial charge in [-0.25, -0.2) is 9.97 Å². The molecule has 0 amide bonds. The lowest BCUT2D eigenvalue weighted by Crippen LogP contribution is -2.27. The molecule has 0 bridgehead atoms. The van der Waals surface area contributed by atoms with Crippen molar-refractivity contribution in [2.24, 2.45) is 5.92 Å². The molecule has 1 aliphatic carbocycles. The fourth-order valence-electron chi connectivity index (χ4n) is 1.98. The Kier molecular flexibility index (Phi) is 4.18. The summed E-state index contributed by atoms with van der Waals surface area (Å²) in [5.41, 5.74) is 0. The van der Waals surface area contributed by atoms with E-state index in [2.05, 4.69) is 40.1 Å². The van der Waals surface area contributed by atoms with E-state index in [4.69, 9.17) is 0 Å². The molecule has 1 aliphatic rings. The monoisotopic (exact) mass is 234 g/mol. The van der Waals surface area contributed by atoms with E-state index in [0.29, 0.717) is 0 Å². The predicted molar refractivity (Wildman–Crippen MR) is 71.4 cm³/mol. The maximum absolute atomic E-state index is 4.40. The molecule has 0 radical (unpaired) electrons. The van der Waals surface area contributed by atoms with Crippen LogP contribution in [0.2, 0.25) is 0 Å². The number of hydrogen-bond donors (Lipinski definition) is 1. The van der Waals surface area contributed by atoms with E-state index in [-0.39, 0.29) is 0 Å². The van der Waals surface area contributed by atoms with Gasteiger partial charge in [-0.1, -0.05) is 6.92 Å². The van der Waals surface area contributed by atoms with Gasteiger partial charge >= 0.3 is 0 Å². The minimum atomic E-state index is 0.888. The van der Waals surface area contributed by atoms with Gasteiger partial charge < -0.3 is 10.2 Å². The topological polar surface area (TPSA) is 41.0 Å². The Morgan fingerprint density at radius 1 is 1.35 bits per heavy atom. The van der Waals surface area contributed by atoms with Gasteiger partial charge in [0, 0.05) is 25.7 Å². The highest BCUT2D eigenvalue weighted by Gasteiger charge is 2.24. The van der Waals surface area contributed by atoms with Gasteiger partial charge in [-0.3, -0.25) is 0 Å². The molecule has 0 unspecified atom stereocenters. The zero-order valence-electron chi connectivity index (χ0n) is 10.8. The lowest BCUT2D eigenvalue weighted by Gasteiger charge is -2.23. The molecule has 2 rings (SSSR count). The van der Waals surface area contributed by atoms with Crippen molar-refractivity contribution in [1.29, 1.82) is 0 Å². The van der Waals surface area contributed by atoms with E-state index in [1.807, 2.05) is 0 Å². The van der Waals surface area contributed by atoms with E-state index in [0.717, 1.165) is 43.6 Å². The summed E-state index contributed by atoms with van der Waals surface area (Å²) in [7, 11) is 0. The Morgan fingerprint density at radius 2 is 2.18 bits per heavy atom. The lowest BCUT2D eigenvalue weighted by atomic mass is 10.3. The highest BCUT2D eigenvalue weighted by molar-refractivity contribution is 5.48. The van der Waals surface area contributed by atoms with Crippen LogP contribution < -0.4 is 10.2 Å². The third-order valence-electron chi connectivity index (χ3n) is 3.00. The molecule has 1 heterocycles. The maximum atomic E-state index is 4.40. The van der Waals surface area contributed by atoms with Gasteiger partial charge in [0.25, 0.3) is 0 Å². The van der Waals surface area contributed by atoms with Crippen LogP contribution >= 0.6 is 0 Å². The van der Waals surface area contributed by atoms with Crippen molar-refractivity contribution >= 4 is 11.6 Å². The fraction of sp³-hybridized carbons (Fsp3) is 0.692. The average Bonchev–Trinajstić information content (AvgIpc) is 3.13. The van der Waals surface area contributed by atoms with Crippen molar-refractivity contribution in [2.75, 3.05) is 29.9 Å². The Balaban J connectivity index is 2.06. The zero-order chi connectivity index (χ0) is 12.1. The Morgan fingerprint density at radius 3 is 2.82 bits per heavy atom. The molecule has 1 N–H and O–H groups in total. The predicted octanol–water partition coefficient (Wildman–Crippen LogP) is 2.53. The molecule has 4 heteroatoms. The summed E-state index contributed by atoms with van der Waals surface area (Å²) in [5, 5.41) is 3.24. The van der Waals surface area contributed by atoms with Gasteiger partial charge in [0.15, 0.2) is 0 Å². The third kappa shape index (κ3) is 3.58. The molecule has 17 heavy (non-hydrogen) atoms. The first kappa shape index (κ1) is 12.1. The average molecular weight is 234 g/mol. The minimum Gasteiger partial charge on any atom is -0.370 e. The van der Waals surface area contributed by atoms with Crippen molar-refractivity contribution < 1.29 is 0 Å². The van der Waals surface area contributed by atoms with Crippen LogP contribution in [0.15, 0.2) is 12.4 Å². The third-order valence-corrected chi connectivity index (χ3v) is 3.00. The lowest BCUT2D eigenvalue weighted by molar-refractivity contribution is 0.698. The van der Waals surface area contributed by atoms with E-state index in [9.17, 15) is 0 Å². The summed E-state index contributed by atoms with van der Waals surface area (Å²) in [5.74, 6) is 2.87. The van der Waals surface area contributed by atoms with Crippen LogP contribution in [0.3, 0.4) is 0 Å². The summed E-state index contributed by atoms with van der Waals surface area (Å²) >= 11 is 0. The first-order valence-electron chi connectivity index (χ1n) is 6.64. The summed E-state index contributed by atoms with van der Waals surface area (Å²) in [6, 6.07) is 2.06. The van der Waals surface area contributed by atoms with Gasteiger partial charge in [0.1, 0.15) is 18.0 Å². The summed E-state index contributed by atoms with van der Waals surface area (Å²) in [6.45, 7) is 7.42.